The predicted octanol–water partition coefficient (Wildman–Crippen LogP) is 4.09. The Kier molecular flexibility index (Phi) is 14.5. The van der Waals surface area contributed by atoms with Gasteiger partial charge < -0.3 is 30.3 Å². The van der Waals surface area contributed by atoms with Crippen LogP contribution in [0.1, 0.15) is 79.2 Å². The van der Waals surface area contributed by atoms with Crippen LogP contribution in [0.3, 0.4) is 0 Å². The Hall–Kier alpha value is -1.67. The van der Waals surface area contributed by atoms with Crippen molar-refractivity contribution in [2.24, 2.45) is 0 Å². The minimum absolute atomic E-state index is 0. The highest BCUT2D eigenvalue weighted by molar-refractivity contribution is 5.68. The number of amides is 1. The summed E-state index contributed by atoms with van der Waals surface area (Å²) in [7, 11) is 1.00. The highest BCUT2D eigenvalue weighted by Gasteiger charge is 2.35. The molecule has 192 valence electrons. The molecule has 0 aliphatic carbocycles. The zero-order valence-electron chi connectivity index (χ0n) is 20.5. The number of ether oxygens (including phenoxy) is 1. The van der Waals surface area contributed by atoms with Crippen molar-refractivity contribution < 1.29 is 24.9 Å². The topological polar surface area (TPSA) is 102 Å². The lowest BCUT2D eigenvalue weighted by Gasteiger charge is -2.36. The van der Waals surface area contributed by atoms with Crippen LogP contribution in [0.2, 0.25) is 0 Å². The van der Waals surface area contributed by atoms with Crippen LogP contribution in [0.25, 0.3) is 0 Å². The molecule has 2 fully saturated rings. The number of carbonyl (C=O) groups is 1. The molecule has 0 bridgehead atoms. The zero-order chi connectivity index (χ0) is 24.2. The Morgan fingerprint density at radius 3 is 2.21 bits per heavy atom. The summed E-state index contributed by atoms with van der Waals surface area (Å²) >= 11 is 0. The zero-order valence-corrected chi connectivity index (χ0v) is 20.5. The van der Waals surface area contributed by atoms with Gasteiger partial charge in [-0.15, -0.1) is 0 Å². The van der Waals surface area contributed by atoms with Gasteiger partial charge in [0, 0.05) is 24.7 Å². The molecule has 7 heteroatoms. The van der Waals surface area contributed by atoms with Crippen molar-refractivity contribution in [1.82, 2.24) is 10.2 Å². The minimum Gasteiger partial charge on any atom is -0.445 e. The summed E-state index contributed by atoms with van der Waals surface area (Å²) in [5, 5.41) is 29.4. The van der Waals surface area contributed by atoms with Crippen LogP contribution in [0.4, 0.5) is 4.79 Å². The molecule has 33 heavy (non-hydrogen) atoms. The standard InChI is InChI=1S/C16H23NO3.C8H17NO.CH4O.CH4/c1-16(2)10-8-14(18)9-11-17(16)15(19)20-12-13-6-4-3-5-7-13;1-8(2)5-3-7(10)4-6-9-8;1-2;/h3-7,14,18H,8-12H2,1-2H3;7,9-10H,3-6H2,1-2H3;2H,1H3;1H4. The second-order valence-electron chi connectivity index (χ2n) is 9.78. The van der Waals surface area contributed by atoms with Crippen molar-refractivity contribution >= 4 is 6.09 Å². The van der Waals surface area contributed by atoms with E-state index >= 15 is 0 Å². The molecule has 0 saturated carbocycles. The highest BCUT2D eigenvalue weighted by Crippen LogP contribution is 2.27. The molecule has 2 heterocycles. The van der Waals surface area contributed by atoms with E-state index < -0.39 is 0 Å². The van der Waals surface area contributed by atoms with Gasteiger partial charge in [0.1, 0.15) is 6.61 Å². The molecule has 2 saturated heterocycles. The fourth-order valence-electron chi connectivity index (χ4n) is 3.85. The molecule has 2 unspecified atom stereocenters. The van der Waals surface area contributed by atoms with E-state index in [0.29, 0.717) is 13.0 Å². The fourth-order valence-corrected chi connectivity index (χ4v) is 3.85. The molecule has 2 aliphatic heterocycles. The first-order chi connectivity index (χ1) is 15.1. The van der Waals surface area contributed by atoms with Crippen molar-refractivity contribution in [2.45, 2.75) is 104 Å². The van der Waals surface area contributed by atoms with Crippen molar-refractivity contribution in [3.05, 3.63) is 35.9 Å². The summed E-state index contributed by atoms with van der Waals surface area (Å²) in [6, 6.07) is 9.66. The Bertz CT molecular complexity index is 651. The summed E-state index contributed by atoms with van der Waals surface area (Å²) in [5.41, 5.74) is 0.941. The monoisotopic (exact) mass is 468 g/mol. The molecule has 4 N–H and O–H groups in total. The smallest absolute Gasteiger partial charge is 0.410 e. The summed E-state index contributed by atoms with van der Waals surface area (Å²) in [6.45, 7) is 10.2. The molecule has 0 spiro atoms. The number of benzene rings is 1. The Labute approximate surface area is 201 Å². The van der Waals surface area contributed by atoms with E-state index in [9.17, 15) is 15.0 Å². The van der Waals surface area contributed by atoms with E-state index in [1.165, 1.54) is 0 Å². The minimum atomic E-state index is -0.318. The number of aliphatic hydroxyl groups excluding tert-OH is 3. The van der Waals surface area contributed by atoms with Gasteiger partial charge in [0.05, 0.1) is 12.2 Å². The fraction of sp³-hybridized carbons (Fsp3) is 0.731. The first kappa shape index (κ1) is 31.3. The van der Waals surface area contributed by atoms with Crippen LogP contribution in [0.15, 0.2) is 30.3 Å². The normalized spacial score (nSPS) is 23.7. The van der Waals surface area contributed by atoms with E-state index in [-0.39, 0.29) is 43.4 Å². The van der Waals surface area contributed by atoms with Crippen LogP contribution in [0, 0.1) is 0 Å². The second kappa shape index (κ2) is 15.3. The molecular formula is C26H48N2O5. The molecule has 1 aromatic carbocycles. The van der Waals surface area contributed by atoms with Gasteiger partial charge in [0.2, 0.25) is 0 Å². The van der Waals surface area contributed by atoms with Crippen LogP contribution >= 0.6 is 0 Å². The maximum Gasteiger partial charge on any atom is 0.410 e. The van der Waals surface area contributed by atoms with Gasteiger partial charge in [-0.2, -0.15) is 0 Å². The molecule has 2 atom stereocenters. The molecule has 2 aliphatic rings. The van der Waals surface area contributed by atoms with Crippen molar-refractivity contribution in [2.75, 3.05) is 20.2 Å². The van der Waals surface area contributed by atoms with Gasteiger partial charge in [-0.25, -0.2) is 4.79 Å². The number of nitrogens with one attached hydrogen (secondary N) is 1. The van der Waals surface area contributed by atoms with Gasteiger partial charge in [-0.1, -0.05) is 37.8 Å². The summed E-state index contributed by atoms with van der Waals surface area (Å²) in [6.07, 6.45) is 4.37. The van der Waals surface area contributed by atoms with Crippen LogP contribution in [-0.2, 0) is 11.3 Å². The average Bonchev–Trinajstić information content (AvgIpc) is 3.01. The first-order valence-electron chi connectivity index (χ1n) is 11.6. The van der Waals surface area contributed by atoms with Gasteiger partial charge in [0.15, 0.2) is 0 Å². The number of rotatable bonds is 2. The Morgan fingerprint density at radius 2 is 1.58 bits per heavy atom. The van der Waals surface area contributed by atoms with Crippen LogP contribution < -0.4 is 5.32 Å². The maximum atomic E-state index is 12.3. The molecule has 0 radical (unpaired) electrons. The van der Waals surface area contributed by atoms with Crippen molar-refractivity contribution in [1.29, 1.82) is 0 Å². The SMILES string of the molecule is C.CC1(C)CCC(O)CCN1.CC1(C)CCC(O)CCN1C(=O)OCc1ccccc1.CO. The number of hydrogen-bond donors (Lipinski definition) is 4. The van der Waals surface area contributed by atoms with Crippen molar-refractivity contribution in [3.8, 4) is 0 Å². The summed E-state index contributed by atoms with van der Waals surface area (Å²) < 4.78 is 5.40. The third-order valence-electron chi connectivity index (χ3n) is 6.12. The number of likely N-dealkylation sites (tertiary alicyclic amines) is 1. The lowest BCUT2D eigenvalue weighted by atomic mass is 9.97. The van der Waals surface area contributed by atoms with E-state index in [0.717, 1.165) is 51.3 Å². The van der Waals surface area contributed by atoms with E-state index in [2.05, 4.69) is 19.2 Å². The Balaban J connectivity index is 0.000000666. The number of hydrogen-bond acceptors (Lipinski definition) is 6. The van der Waals surface area contributed by atoms with Crippen LogP contribution in [0.5, 0.6) is 0 Å². The van der Waals surface area contributed by atoms with Gasteiger partial charge >= 0.3 is 6.09 Å². The number of nitrogens with zero attached hydrogens (tertiary/aromatic N) is 1. The third kappa shape index (κ3) is 11.8. The lowest BCUT2D eigenvalue weighted by Crippen LogP contribution is -2.47. The quantitative estimate of drug-likeness (QED) is 0.521. The van der Waals surface area contributed by atoms with Gasteiger partial charge in [0.25, 0.3) is 0 Å². The highest BCUT2D eigenvalue weighted by atomic mass is 16.6. The molecule has 0 aromatic heterocycles. The maximum absolute atomic E-state index is 12.3. The number of carbonyl (C=O) groups excluding carboxylic acids is 1. The predicted molar refractivity (Wildman–Crippen MR) is 134 cm³/mol. The van der Waals surface area contributed by atoms with Gasteiger partial charge in [-0.05, 0) is 78.3 Å². The van der Waals surface area contributed by atoms with E-state index in [1.54, 1.807) is 4.90 Å². The van der Waals surface area contributed by atoms with E-state index in [1.807, 2.05) is 44.2 Å². The van der Waals surface area contributed by atoms with Crippen LogP contribution in [-0.4, -0.2) is 69.8 Å². The Morgan fingerprint density at radius 1 is 1.00 bits per heavy atom. The van der Waals surface area contributed by atoms with Crippen molar-refractivity contribution in [3.63, 3.8) is 0 Å². The third-order valence-corrected chi connectivity index (χ3v) is 6.12. The van der Waals surface area contributed by atoms with Gasteiger partial charge in [-0.3, -0.25) is 0 Å². The summed E-state index contributed by atoms with van der Waals surface area (Å²) in [4.78, 5) is 14.0. The summed E-state index contributed by atoms with van der Waals surface area (Å²) in [5.74, 6) is 0. The molecule has 7 nitrogen and oxygen atoms in total. The largest absolute Gasteiger partial charge is 0.445 e. The molecular weight excluding hydrogens is 420 g/mol. The second-order valence-corrected chi connectivity index (χ2v) is 9.78. The molecule has 1 amide bonds. The molecule has 3 rings (SSSR count). The lowest BCUT2D eigenvalue weighted by molar-refractivity contribution is 0.0580. The first-order valence-corrected chi connectivity index (χ1v) is 11.6. The molecule has 1 aromatic rings. The average molecular weight is 469 g/mol. The number of aliphatic hydroxyl groups is 3. The van der Waals surface area contributed by atoms with E-state index in [4.69, 9.17) is 9.84 Å².